The Hall–Kier alpha value is -3.81. The SMILES string of the molecule is C[C@H](NC(=O)Cn1cnc(-c2noc(-c3ccncc3)n2)c1)c1ccccc1. The Morgan fingerprint density at radius 2 is 1.96 bits per heavy atom. The maximum absolute atomic E-state index is 12.3. The van der Waals surface area contributed by atoms with Crippen molar-refractivity contribution >= 4 is 5.91 Å². The first kappa shape index (κ1) is 17.6. The van der Waals surface area contributed by atoms with Crippen LogP contribution in [0.2, 0.25) is 0 Å². The van der Waals surface area contributed by atoms with Gasteiger partial charge in [-0.2, -0.15) is 4.98 Å². The molecule has 0 aliphatic carbocycles. The lowest BCUT2D eigenvalue weighted by Gasteiger charge is -2.14. The molecule has 4 rings (SSSR count). The standard InChI is InChI=1S/C20H18N6O2/c1-14(15-5-3-2-4-6-15)23-18(27)12-26-11-17(22-13-26)19-24-20(28-25-19)16-7-9-21-10-8-16/h2-11,13-14H,12H2,1H3,(H,23,27)/t14-/m0/s1. The first-order valence-corrected chi connectivity index (χ1v) is 8.79. The lowest BCUT2D eigenvalue weighted by Crippen LogP contribution is -2.29. The molecule has 0 aliphatic heterocycles. The van der Waals surface area contributed by atoms with E-state index < -0.39 is 0 Å². The third-order valence-corrected chi connectivity index (χ3v) is 4.22. The van der Waals surface area contributed by atoms with Crippen molar-refractivity contribution in [1.82, 2.24) is 30.0 Å². The fourth-order valence-corrected chi connectivity index (χ4v) is 2.78. The number of nitrogens with zero attached hydrogens (tertiary/aromatic N) is 5. The largest absolute Gasteiger partial charge is 0.348 e. The zero-order chi connectivity index (χ0) is 19.3. The van der Waals surface area contributed by atoms with E-state index in [1.807, 2.05) is 37.3 Å². The number of pyridine rings is 1. The van der Waals surface area contributed by atoms with Crippen molar-refractivity contribution in [2.45, 2.75) is 19.5 Å². The van der Waals surface area contributed by atoms with Crippen molar-refractivity contribution in [2.75, 3.05) is 0 Å². The lowest BCUT2D eigenvalue weighted by atomic mass is 10.1. The van der Waals surface area contributed by atoms with Crippen LogP contribution in [0.25, 0.3) is 23.0 Å². The van der Waals surface area contributed by atoms with Crippen LogP contribution in [0.15, 0.2) is 71.9 Å². The number of nitrogens with one attached hydrogen (secondary N) is 1. The van der Waals surface area contributed by atoms with Crippen molar-refractivity contribution in [3.8, 4) is 23.0 Å². The fourth-order valence-electron chi connectivity index (χ4n) is 2.78. The molecule has 0 aliphatic rings. The van der Waals surface area contributed by atoms with Gasteiger partial charge in [-0.3, -0.25) is 9.78 Å². The second kappa shape index (κ2) is 7.83. The Morgan fingerprint density at radius 3 is 2.75 bits per heavy atom. The van der Waals surface area contributed by atoms with Crippen molar-refractivity contribution in [3.63, 3.8) is 0 Å². The zero-order valence-corrected chi connectivity index (χ0v) is 15.2. The van der Waals surface area contributed by atoms with E-state index >= 15 is 0 Å². The Bertz CT molecular complexity index is 1060. The molecular weight excluding hydrogens is 356 g/mol. The minimum absolute atomic E-state index is 0.0724. The number of aromatic nitrogens is 5. The maximum atomic E-state index is 12.3. The van der Waals surface area contributed by atoms with E-state index in [0.717, 1.165) is 11.1 Å². The van der Waals surface area contributed by atoms with E-state index in [-0.39, 0.29) is 18.5 Å². The zero-order valence-electron chi connectivity index (χ0n) is 15.2. The minimum atomic E-state index is -0.106. The summed E-state index contributed by atoms with van der Waals surface area (Å²) in [6, 6.07) is 13.3. The highest BCUT2D eigenvalue weighted by Gasteiger charge is 2.14. The van der Waals surface area contributed by atoms with Gasteiger partial charge >= 0.3 is 0 Å². The van der Waals surface area contributed by atoms with Crippen LogP contribution >= 0.6 is 0 Å². The molecule has 0 unspecified atom stereocenters. The number of hydrogen-bond acceptors (Lipinski definition) is 6. The highest BCUT2D eigenvalue weighted by Crippen LogP contribution is 2.20. The van der Waals surface area contributed by atoms with E-state index in [2.05, 4.69) is 25.4 Å². The van der Waals surface area contributed by atoms with Crippen LogP contribution in [0, 0.1) is 0 Å². The molecule has 0 saturated carbocycles. The quantitative estimate of drug-likeness (QED) is 0.557. The van der Waals surface area contributed by atoms with E-state index in [1.54, 1.807) is 41.6 Å². The van der Waals surface area contributed by atoms with Gasteiger partial charge in [-0.25, -0.2) is 4.98 Å². The molecule has 28 heavy (non-hydrogen) atoms. The van der Waals surface area contributed by atoms with Crippen LogP contribution < -0.4 is 5.32 Å². The number of carbonyl (C=O) groups excluding carboxylic acids is 1. The van der Waals surface area contributed by atoms with Crippen molar-refractivity contribution < 1.29 is 9.32 Å². The van der Waals surface area contributed by atoms with E-state index in [1.165, 1.54) is 0 Å². The van der Waals surface area contributed by atoms with Crippen LogP contribution in [-0.4, -0.2) is 30.6 Å². The van der Waals surface area contributed by atoms with Gasteiger partial charge in [0.15, 0.2) is 0 Å². The predicted molar refractivity (Wildman–Crippen MR) is 102 cm³/mol. The number of rotatable bonds is 6. The monoisotopic (exact) mass is 374 g/mol. The fraction of sp³-hybridized carbons (Fsp3) is 0.150. The molecule has 0 radical (unpaired) electrons. The summed E-state index contributed by atoms with van der Waals surface area (Å²) in [7, 11) is 0. The lowest BCUT2D eigenvalue weighted by molar-refractivity contribution is -0.122. The normalized spacial score (nSPS) is 11.9. The molecule has 1 atom stereocenters. The van der Waals surface area contributed by atoms with Crippen molar-refractivity contribution in [3.05, 3.63) is 72.9 Å². The van der Waals surface area contributed by atoms with Crippen LogP contribution in [0.3, 0.4) is 0 Å². The summed E-state index contributed by atoms with van der Waals surface area (Å²) in [5.74, 6) is 0.649. The molecule has 4 aromatic rings. The Balaban J connectivity index is 1.41. The summed E-state index contributed by atoms with van der Waals surface area (Å²) in [6.45, 7) is 2.10. The number of carbonyl (C=O) groups is 1. The Morgan fingerprint density at radius 1 is 1.18 bits per heavy atom. The average molecular weight is 374 g/mol. The molecule has 8 nitrogen and oxygen atoms in total. The van der Waals surface area contributed by atoms with Gasteiger partial charge in [0.2, 0.25) is 11.7 Å². The highest BCUT2D eigenvalue weighted by atomic mass is 16.5. The second-order valence-electron chi connectivity index (χ2n) is 6.29. The second-order valence-corrected chi connectivity index (χ2v) is 6.29. The Kier molecular flexibility index (Phi) is 4.92. The molecule has 0 fully saturated rings. The number of benzene rings is 1. The van der Waals surface area contributed by atoms with E-state index in [0.29, 0.717) is 17.4 Å². The molecule has 140 valence electrons. The van der Waals surface area contributed by atoms with Gasteiger partial charge in [0.05, 0.1) is 12.4 Å². The first-order valence-electron chi connectivity index (χ1n) is 8.79. The summed E-state index contributed by atoms with van der Waals surface area (Å²) < 4.78 is 6.97. The van der Waals surface area contributed by atoms with Gasteiger partial charge in [0.1, 0.15) is 12.2 Å². The molecule has 0 saturated heterocycles. The van der Waals surface area contributed by atoms with Gasteiger partial charge in [0.25, 0.3) is 5.89 Å². The van der Waals surface area contributed by atoms with E-state index in [9.17, 15) is 4.79 Å². The van der Waals surface area contributed by atoms with E-state index in [4.69, 9.17) is 4.52 Å². The predicted octanol–water partition coefficient (Wildman–Crippen LogP) is 2.87. The number of hydrogen-bond donors (Lipinski definition) is 1. The van der Waals surface area contributed by atoms with Gasteiger partial charge in [-0.1, -0.05) is 35.5 Å². The number of amides is 1. The van der Waals surface area contributed by atoms with Gasteiger partial charge < -0.3 is 14.4 Å². The molecule has 3 heterocycles. The summed E-state index contributed by atoms with van der Waals surface area (Å²) in [5, 5.41) is 6.94. The summed E-state index contributed by atoms with van der Waals surface area (Å²) >= 11 is 0. The van der Waals surface area contributed by atoms with Crippen molar-refractivity contribution in [2.24, 2.45) is 0 Å². The molecule has 0 spiro atoms. The Labute approximate surface area is 161 Å². The molecular formula is C20H18N6O2. The van der Waals surface area contributed by atoms with Gasteiger partial charge in [-0.15, -0.1) is 0 Å². The average Bonchev–Trinajstić information content (AvgIpc) is 3.39. The smallest absolute Gasteiger partial charge is 0.258 e. The maximum Gasteiger partial charge on any atom is 0.258 e. The molecule has 1 amide bonds. The topological polar surface area (TPSA) is 98.7 Å². The van der Waals surface area contributed by atoms with Crippen LogP contribution in [0.4, 0.5) is 0 Å². The molecule has 8 heteroatoms. The summed E-state index contributed by atoms with van der Waals surface area (Å²) in [6.07, 6.45) is 6.60. The van der Waals surface area contributed by atoms with Gasteiger partial charge in [-0.05, 0) is 24.6 Å². The van der Waals surface area contributed by atoms with Crippen LogP contribution in [0.5, 0.6) is 0 Å². The molecule has 3 aromatic heterocycles. The van der Waals surface area contributed by atoms with Crippen LogP contribution in [0.1, 0.15) is 18.5 Å². The number of imidazole rings is 1. The molecule has 1 aromatic carbocycles. The van der Waals surface area contributed by atoms with Crippen LogP contribution in [-0.2, 0) is 11.3 Å². The third-order valence-electron chi connectivity index (χ3n) is 4.22. The highest BCUT2D eigenvalue weighted by molar-refractivity contribution is 5.76. The summed E-state index contributed by atoms with van der Waals surface area (Å²) in [4.78, 5) is 24.9. The molecule has 1 N–H and O–H groups in total. The van der Waals surface area contributed by atoms with Crippen molar-refractivity contribution in [1.29, 1.82) is 0 Å². The first-order chi connectivity index (χ1) is 13.7. The van der Waals surface area contributed by atoms with Gasteiger partial charge in [0, 0.05) is 24.2 Å². The minimum Gasteiger partial charge on any atom is -0.348 e. The summed E-state index contributed by atoms with van der Waals surface area (Å²) in [5.41, 5.74) is 2.37. The molecule has 0 bridgehead atoms. The third kappa shape index (κ3) is 3.96.